The molecule has 2 aromatic rings. The number of rotatable bonds is 7. The van der Waals surface area contributed by atoms with Crippen molar-refractivity contribution in [3.05, 3.63) is 42.5 Å². The molecule has 0 amide bonds. The third-order valence-corrected chi connectivity index (χ3v) is 3.93. The maximum atomic E-state index is 10.3. The first-order valence-electron chi connectivity index (χ1n) is 8.03. The Morgan fingerprint density at radius 3 is 2.27 bits per heavy atom. The number of benzene rings is 2. The topological polar surface area (TPSA) is 32.7 Å². The Kier molecular flexibility index (Phi) is 5.81. The molecule has 0 saturated heterocycles. The fourth-order valence-electron chi connectivity index (χ4n) is 2.82. The van der Waals surface area contributed by atoms with E-state index in [-0.39, 0.29) is 0 Å². The van der Waals surface area contributed by atoms with Gasteiger partial charge in [-0.1, -0.05) is 36.4 Å². The second kappa shape index (κ2) is 7.61. The van der Waals surface area contributed by atoms with E-state index in [1.807, 2.05) is 30.3 Å². The number of ether oxygens (including phenoxy) is 1. The van der Waals surface area contributed by atoms with Crippen molar-refractivity contribution in [3.8, 4) is 5.75 Å². The maximum absolute atomic E-state index is 10.3. The fraction of sp³-hybridized carbons (Fsp3) is 0.474. The first kappa shape index (κ1) is 16.8. The van der Waals surface area contributed by atoms with E-state index in [9.17, 15) is 5.11 Å². The fourth-order valence-corrected chi connectivity index (χ4v) is 2.82. The van der Waals surface area contributed by atoms with Crippen LogP contribution in [0.2, 0.25) is 0 Å². The zero-order valence-electron chi connectivity index (χ0n) is 14.0. The highest BCUT2D eigenvalue weighted by molar-refractivity contribution is 5.88. The Hall–Kier alpha value is -1.58. The molecular weight excluding hydrogens is 274 g/mol. The molecule has 0 bridgehead atoms. The summed E-state index contributed by atoms with van der Waals surface area (Å²) in [6.45, 7) is 9.54. The third kappa shape index (κ3) is 4.21. The van der Waals surface area contributed by atoms with Gasteiger partial charge < -0.3 is 9.84 Å². The van der Waals surface area contributed by atoms with E-state index in [1.54, 1.807) is 0 Å². The molecule has 1 atom stereocenters. The monoisotopic (exact) mass is 301 g/mol. The van der Waals surface area contributed by atoms with E-state index in [1.165, 1.54) is 0 Å². The molecular formula is C19H27NO2. The highest BCUT2D eigenvalue weighted by Crippen LogP contribution is 2.25. The summed E-state index contributed by atoms with van der Waals surface area (Å²) in [5, 5.41) is 12.5. The van der Waals surface area contributed by atoms with Crippen LogP contribution in [0.3, 0.4) is 0 Å². The summed E-state index contributed by atoms with van der Waals surface area (Å²) < 4.78 is 5.86. The Morgan fingerprint density at radius 2 is 1.59 bits per heavy atom. The van der Waals surface area contributed by atoms with Crippen molar-refractivity contribution in [2.24, 2.45) is 0 Å². The molecule has 0 spiro atoms. The molecule has 2 rings (SSSR count). The van der Waals surface area contributed by atoms with E-state index in [0.29, 0.717) is 25.2 Å². The van der Waals surface area contributed by atoms with E-state index < -0.39 is 6.10 Å². The van der Waals surface area contributed by atoms with E-state index in [4.69, 9.17) is 4.74 Å². The second-order valence-electron chi connectivity index (χ2n) is 6.33. The molecule has 0 fully saturated rings. The van der Waals surface area contributed by atoms with Gasteiger partial charge in [-0.2, -0.15) is 0 Å². The third-order valence-electron chi connectivity index (χ3n) is 3.93. The van der Waals surface area contributed by atoms with Crippen LogP contribution in [0.4, 0.5) is 0 Å². The average Bonchev–Trinajstić information content (AvgIpc) is 2.49. The Morgan fingerprint density at radius 1 is 0.955 bits per heavy atom. The zero-order valence-corrected chi connectivity index (χ0v) is 14.0. The molecule has 0 radical (unpaired) electrons. The van der Waals surface area contributed by atoms with Crippen LogP contribution in [0, 0.1) is 0 Å². The summed E-state index contributed by atoms with van der Waals surface area (Å²) in [7, 11) is 0. The number of fused-ring (bicyclic) bond motifs is 1. The smallest absolute Gasteiger partial charge is 0.127 e. The number of nitrogens with zero attached hydrogens (tertiary/aromatic N) is 1. The SMILES string of the molecule is CC(C)N(C[C@H](O)COc1cccc2ccccc12)C(C)C. The molecule has 1 N–H and O–H groups in total. The van der Waals surface area contributed by atoms with Gasteiger partial charge in [-0.05, 0) is 39.1 Å². The van der Waals surface area contributed by atoms with Crippen LogP contribution >= 0.6 is 0 Å². The van der Waals surface area contributed by atoms with Crippen LogP contribution in [-0.2, 0) is 0 Å². The van der Waals surface area contributed by atoms with Crippen molar-refractivity contribution in [2.75, 3.05) is 13.2 Å². The standard InChI is InChI=1S/C19H27NO2/c1-14(2)20(15(3)4)12-17(21)13-22-19-11-7-9-16-8-5-6-10-18(16)19/h5-11,14-15,17,21H,12-13H2,1-4H3/t17-/m0/s1. The van der Waals surface area contributed by atoms with E-state index in [0.717, 1.165) is 16.5 Å². The molecule has 0 aliphatic carbocycles. The first-order chi connectivity index (χ1) is 10.5. The van der Waals surface area contributed by atoms with Gasteiger partial charge >= 0.3 is 0 Å². The van der Waals surface area contributed by atoms with Gasteiger partial charge in [0.1, 0.15) is 18.5 Å². The van der Waals surface area contributed by atoms with Gasteiger partial charge in [0, 0.05) is 24.0 Å². The molecule has 0 unspecified atom stereocenters. The molecule has 0 saturated carbocycles. The summed E-state index contributed by atoms with van der Waals surface area (Å²) in [5.41, 5.74) is 0. The predicted molar refractivity (Wildman–Crippen MR) is 92.4 cm³/mol. The largest absolute Gasteiger partial charge is 0.490 e. The van der Waals surface area contributed by atoms with E-state index >= 15 is 0 Å². The summed E-state index contributed by atoms with van der Waals surface area (Å²) in [4.78, 5) is 2.27. The van der Waals surface area contributed by atoms with Crippen LogP contribution < -0.4 is 4.74 Å². The lowest BCUT2D eigenvalue weighted by Crippen LogP contribution is -2.43. The highest BCUT2D eigenvalue weighted by atomic mass is 16.5. The normalized spacial score (nSPS) is 13.3. The van der Waals surface area contributed by atoms with Crippen molar-refractivity contribution in [1.82, 2.24) is 4.90 Å². The molecule has 0 aromatic heterocycles. The van der Waals surface area contributed by atoms with Gasteiger partial charge in [0.05, 0.1) is 0 Å². The van der Waals surface area contributed by atoms with E-state index in [2.05, 4.69) is 44.7 Å². The van der Waals surface area contributed by atoms with Crippen LogP contribution in [0.5, 0.6) is 5.75 Å². The summed E-state index contributed by atoms with van der Waals surface area (Å²) >= 11 is 0. The summed E-state index contributed by atoms with van der Waals surface area (Å²) in [6.07, 6.45) is -0.497. The molecule has 0 aliphatic rings. The maximum Gasteiger partial charge on any atom is 0.127 e. The van der Waals surface area contributed by atoms with Crippen molar-refractivity contribution in [1.29, 1.82) is 0 Å². The van der Waals surface area contributed by atoms with Crippen molar-refractivity contribution < 1.29 is 9.84 Å². The lowest BCUT2D eigenvalue weighted by molar-refractivity contribution is 0.0449. The lowest BCUT2D eigenvalue weighted by Gasteiger charge is -2.32. The van der Waals surface area contributed by atoms with Gasteiger partial charge in [-0.25, -0.2) is 0 Å². The minimum absolute atomic E-state index is 0.309. The van der Waals surface area contributed by atoms with Gasteiger partial charge in [0.2, 0.25) is 0 Å². The molecule has 22 heavy (non-hydrogen) atoms. The quantitative estimate of drug-likeness (QED) is 0.846. The Labute approximate surface area is 133 Å². The minimum Gasteiger partial charge on any atom is -0.490 e. The number of aliphatic hydroxyl groups excluding tert-OH is 1. The van der Waals surface area contributed by atoms with Crippen LogP contribution in [0.25, 0.3) is 10.8 Å². The van der Waals surface area contributed by atoms with Crippen LogP contribution in [0.1, 0.15) is 27.7 Å². The number of hydrogen-bond acceptors (Lipinski definition) is 3. The average molecular weight is 301 g/mol. The van der Waals surface area contributed by atoms with Crippen molar-refractivity contribution >= 4 is 10.8 Å². The number of aliphatic hydroxyl groups is 1. The molecule has 2 aromatic carbocycles. The van der Waals surface area contributed by atoms with Crippen LogP contribution in [0.15, 0.2) is 42.5 Å². The minimum atomic E-state index is -0.497. The molecule has 3 nitrogen and oxygen atoms in total. The Bertz CT molecular complexity index is 582. The van der Waals surface area contributed by atoms with Crippen molar-refractivity contribution in [2.45, 2.75) is 45.9 Å². The molecule has 0 heterocycles. The summed E-state index contributed by atoms with van der Waals surface area (Å²) in [6, 6.07) is 15.0. The number of hydrogen-bond donors (Lipinski definition) is 1. The molecule has 0 aliphatic heterocycles. The van der Waals surface area contributed by atoms with Gasteiger partial charge in [0.25, 0.3) is 0 Å². The highest BCUT2D eigenvalue weighted by Gasteiger charge is 2.18. The Balaban J connectivity index is 1.99. The summed E-state index contributed by atoms with van der Waals surface area (Å²) in [5.74, 6) is 0.831. The second-order valence-corrected chi connectivity index (χ2v) is 6.33. The van der Waals surface area contributed by atoms with Crippen LogP contribution in [-0.4, -0.2) is 41.3 Å². The van der Waals surface area contributed by atoms with Gasteiger partial charge in [0.15, 0.2) is 0 Å². The van der Waals surface area contributed by atoms with Crippen molar-refractivity contribution in [3.63, 3.8) is 0 Å². The molecule has 120 valence electrons. The molecule has 3 heteroatoms. The lowest BCUT2D eigenvalue weighted by atomic mass is 10.1. The van der Waals surface area contributed by atoms with Gasteiger partial charge in [-0.3, -0.25) is 4.90 Å². The van der Waals surface area contributed by atoms with Gasteiger partial charge in [-0.15, -0.1) is 0 Å². The zero-order chi connectivity index (χ0) is 16.1. The first-order valence-corrected chi connectivity index (χ1v) is 8.03. The predicted octanol–water partition coefficient (Wildman–Crippen LogP) is 3.70.